The summed E-state index contributed by atoms with van der Waals surface area (Å²) in [4.78, 5) is 12.8. The minimum Gasteiger partial charge on any atom is -0.467 e. The molecule has 2 N–H and O–H groups in total. The SMILES string of the molecule is COCC(O)CN(C)CC(C)(O)C(=O)OC. The maximum Gasteiger partial charge on any atom is 0.338 e. The Morgan fingerprint density at radius 3 is 2.50 bits per heavy atom. The summed E-state index contributed by atoms with van der Waals surface area (Å²) in [6.07, 6.45) is -0.650. The van der Waals surface area contributed by atoms with Crippen LogP contribution < -0.4 is 0 Å². The topological polar surface area (TPSA) is 79.2 Å². The molecule has 0 rings (SSSR count). The van der Waals surface area contributed by atoms with Crippen LogP contribution in [-0.4, -0.2) is 73.8 Å². The number of methoxy groups -OCH3 is 2. The van der Waals surface area contributed by atoms with Gasteiger partial charge in [-0.05, 0) is 14.0 Å². The Labute approximate surface area is 95.8 Å². The second-order valence-corrected chi connectivity index (χ2v) is 4.07. The van der Waals surface area contributed by atoms with Crippen LogP contribution in [0.15, 0.2) is 0 Å². The molecular formula is C10H21NO5. The second-order valence-electron chi connectivity index (χ2n) is 4.07. The molecule has 0 fully saturated rings. The van der Waals surface area contributed by atoms with Crippen LogP contribution in [0.3, 0.4) is 0 Å². The summed E-state index contributed by atoms with van der Waals surface area (Å²) < 4.78 is 9.24. The smallest absolute Gasteiger partial charge is 0.338 e. The zero-order chi connectivity index (χ0) is 12.8. The molecule has 0 saturated heterocycles. The monoisotopic (exact) mass is 235 g/mol. The van der Waals surface area contributed by atoms with Gasteiger partial charge < -0.3 is 24.6 Å². The van der Waals surface area contributed by atoms with Crippen LogP contribution >= 0.6 is 0 Å². The first kappa shape index (κ1) is 15.3. The van der Waals surface area contributed by atoms with Gasteiger partial charge >= 0.3 is 5.97 Å². The van der Waals surface area contributed by atoms with Crippen LogP contribution in [0.25, 0.3) is 0 Å². The fraction of sp³-hybridized carbons (Fsp3) is 0.900. The minimum atomic E-state index is -1.57. The number of likely N-dealkylation sites (N-methyl/N-ethyl adjacent to an activating group) is 1. The van der Waals surface area contributed by atoms with E-state index in [1.807, 2.05) is 0 Å². The van der Waals surface area contributed by atoms with Gasteiger partial charge in [-0.1, -0.05) is 0 Å². The van der Waals surface area contributed by atoms with Crippen molar-refractivity contribution in [2.75, 3.05) is 41.0 Å². The zero-order valence-corrected chi connectivity index (χ0v) is 10.3. The first-order valence-electron chi connectivity index (χ1n) is 4.99. The number of nitrogens with zero attached hydrogens (tertiary/aromatic N) is 1. The lowest BCUT2D eigenvalue weighted by atomic mass is 10.1. The second kappa shape index (κ2) is 6.80. The highest BCUT2D eigenvalue weighted by Gasteiger charge is 2.33. The summed E-state index contributed by atoms with van der Waals surface area (Å²) in [5.74, 6) is -0.694. The fourth-order valence-electron chi connectivity index (χ4n) is 1.48. The van der Waals surface area contributed by atoms with Crippen molar-refractivity contribution in [2.45, 2.75) is 18.6 Å². The predicted molar refractivity (Wildman–Crippen MR) is 58.0 cm³/mol. The van der Waals surface area contributed by atoms with Crippen molar-refractivity contribution in [1.82, 2.24) is 4.90 Å². The van der Waals surface area contributed by atoms with Crippen LogP contribution in [0.5, 0.6) is 0 Å². The lowest BCUT2D eigenvalue weighted by Crippen LogP contribution is -2.48. The normalized spacial score (nSPS) is 16.9. The molecule has 0 bridgehead atoms. The van der Waals surface area contributed by atoms with Crippen LogP contribution in [0.4, 0.5) is 0 Å². The molecule has 2 unspecified atom stereocenters. The van der Waals surface area contributed by atoms with E-state index in [1.165, 1.54) is 21.1 Å². The van der Waals surface area contributed by atoms with Gasteiger partial charge in [0.1, 0.15) is 0 Å². The van der Waals surface area contributed by atoms with Gasteiger partial charge in [-0.25, -0.2) is 4.79 Å². The van der Waals surface area contributed by atoms with Crippen molar-refractivity contribution in [3.8, 4) is 0 Å². The van der Waals surface area contributed by atoms with E-state index in [-0.39, 0.29) is 13.2 Å². The van der Waals surface area contributed by atoms with Gasteiger partial charge in [0, 0.05) is 20.2 Å². The summed E-state index contributed by atoms with van der Waals surface area (Å²) in [6, 6.07) is 0. The van der Waals surface area contributed by atoms with Crippen LogP contribution in [0.1, 0.15) is 6.92 Å². The number of hydrogen-bond acceptors (Lipinski definition) is 6. The molecule has 0 aliphatic rings. The number of hydrogen-bond donors (Lipinski definition) is 2. The Morgan fingerprint density at radius 2 is 2.06 bits per heavy atom. The Kier molecular flexibility index (Phi) is 6.51. The molecule has 0 heterocycles. The molecule has 6 heteroatoms. The highest BCUT2D eigenvalue weighted by Crippen LogP contribution is 2.08. The van der Waals surface area contributed by atoms with Crippen molar-refractivity contribution in [3.63, 3.8) is 0 Å². The molecule has 0 spiro atoms. The number of rotatable bonds is 7. The largest absolute Gasteiger partial charge is 0.467 e. The lowest BCUT2D eigenvalue weighted by Gasteiger charge is -2.27. The molecule has 0 aliphatic carbocycles. The fourth-order valence-corrected chi connectivity index (χ4v) is 1.48. The van der Waals surface area contributed by atoms with Gasteiger partial charge in [-0.15, -0.1) is 0 Å². The van der Waals surface area contributed by atoms with E-state index in [4.69, 9.17) is 4.74 Å². The lowest BCUT2D eigenvalue weighted by molar-refractivity contribution is -0.162. The summed E-state index contributed by atoms with van der Waals surface area (Å²) in [5.41, 5.74) is -1.57. The number of aliphatic hydroxyl groups is 2. The standard InChI is InChI=1S/C10H21NO5/c1-10(14,9(13)16-4)7-11(2)5-8(12)6-15-3/h8,12,14H,5-7H2,1-4H3. The zero-order valence-electron chi connectivity index (χ0n) is 10.3. The first-order chi connectivity index (χ1) is 7.33. The van der Waals surface area contributed by atoms with Gasteiger partial charge in [0.15, 0.2) is 5.60 Å². The Morgan fingerprint density at radius 1 is 1.50 bits per heavy atom. The number of ether oxygens (including phenoxy) is 2. The van der Waals surface area contributed by atoms with Gasteiger partial charge in [-0.3, -0.25) is 0 Å². The van der Waals surface area contributed by atoms with Crippen molar-refractivity contribution in [3.05, 3.63) is 0 Å². The van der Waals surface area contributed by atoms with E-state index in [2.05, 4.69) is 4.74 Å². The number of carbonyl (C=O) groups excluding carboxylic acids is 1. The summed E-state index contributed by atoms with van der Waals surface area (Å²) >= 11 is 0. The molecule has 0 aromatic rings. The maximum absolute atomic E-state index is 11.2. The van der Waals surface area contributed by atoms with Crippen LogP contribution in [0.2, 0.25) is 0 Å². The molecule has 0 amide bonds. The molecule has 0 aromatic carbocycles. The van der Waals surface area contributed by atoms with E-state index >= 15 is 0 Å². The van der Waals surface area contributed by atoms with Gasteiger partial charge in [0.2, 0.25) is 0 Å². The van der Waals surface area contributed by atoms with Crippen molar-refractivity contribution >= 4 is 5.97 Å². The van der Waals surface area contributed by atoms with E-state index in [0.29, 0.717) is 6.54 Å². The number of carbonyl (C=O) groups is 1. The summed E-state index contributed by atoms with van der Waals surface area (Å²) in [7, 11) is 4.40. The van der Waals surface area contributed by atoms with Gasteiger partial charge in [-0.2, -0.15) is 0 Å². The minimum absolute atomic E-state index is 0.0838. The molecule has 2 atom stereocenters. The first-order valence-corrected chi connectivity index (χ1v) is 4.99. The highest BCUT2D eigenvalue weighted by molar-refractivity contribution is 5.78. The Balaban J connectivity index is 4.12. The Hall–Kier alpha value is -0.690. The molecule has 0 saturated carbocycles. The average molecular weight is 235 g/mol. The third kappa shape index (κ3) is 5.41. The predicted octanol–water partition coefficient (Wildman–Crippen LogP) is -1.15. The molecule has 0 aromatic heterocycles. The van der Waals surface area contributed by atoms with Gasteiger partial charge in [0.05, 0.1) is 19.8 Å². The molecule has 16 heavy (non-hydrogen) atoms. The highest BCUT2D eigenvalue weighted by atomic mass is 16.5. The Bertz CT molecular complexity index is 219. The van der Waals surface area contributed by atoms with E-state index < -0.39 is 17.7 Å². The molecular weight excluding hydrogens is 214 g/mol. The van der Waals surface area contributed by atoms with Crippen LogP contribution in [-0.2, 0) is 14.3 Å². The number of esters is 1. The van der Waals surface area contributed by atoms with Crippen molar-refractivity contribution in [2.24, 2.45) is 0 Å². The number of aliphatic hydroxyl groups excluding tert-OH is 1. The third-order valence-electron chi connectivity index (χ3n) is 2.08. The van der Waals surface area contributed by atoms with Crippen LogP contribution in [0, 0.1) is 0 Å². The maximum atomic E-state index is 11.2. The van der Waals surface area contributed by atoms with Crippen molar-refractivity contribution in [1.29, 1.82) is 0 Å². The summed E-state index contributed by atoms with van der Waals surface area (Å²) in [6.45, 7) is 1.98. The summed E-state index contributed by atoms with van der Waals surface area (Å²) in [5, 5.41) is 19.2. The van der Waals surface area contributed by atoms with E-state index in [0.717, 1.165) is 0 Å². The molecule has 0 radical (unpaired) electrons. The quantitative estimate of drug-likeness (QED) is 0.542. The van der Waals surface area contributed by atoms with Crippen molar-refractivity contribution < 1.29 is 24.5 Å². The molecule has 0 aliphatic heterocycles. The average Bonchev–Trinajstić information content (AvgIpc) is 2.15. The van der Waals surface area contributed by atoms with Gasteiger partial charge in [0.25, 0.3) is 0 Å². The third-order valence-corrected chi connectivity index (χ3v) is 2.08. The molecule has 96 valence electrons. The van der Waals surface area contributed by atoms with E-state index in [9.17, 15) is 15.0 Å². The molecule has 6 nitrogen and oxygen atoms in total. The van der Waals surface area contributed by atoms with E-state index in [1.54, 1.807) is 11.9 Å².